The van der Waals surface area contributed by atoms with Crippen LogP contribution >= 0.6 is 0 Å². The van der Waals surface area contributed by atoms with E-state index >= 15 is 4.39 Å². The normalized spacial score (nSPS) is 30.4. The van der Waals surface area contributed by atoms with Crippen LogP contribution in [-0.4, -0.2) is 39.7 Å². The van der Waals surface area contributed by atoms with Gasteiger partial charge in [0.25, 0.3) is 5.92 Å². The maximum absolute atomic E-state index is 15.3. The average molecular weight is 626 g/mol. The third-order valence-electron chi connectivity index (χ3n) is 10.3. The van der Waals surface area contributed by atoms with Gasteiger partial charge in [0.1, 0.15) is 17.2 Å². The molecule has 0 amide bonds. The van der Waals surface area contributed by atoms with E-state index in [0.29, 0.717) is 48.4 Å². The lowest BCUT2D eigenvalue weighted by Gasteiger charge is -2.52. The lowest BCUT2D eigenvalue weighted by Crippen LogP contribution is -2.66. The second-order valence-corrected chi connectivity index (χ2v) is 13.3. The van der Waals surface area contributed by atoms with Gasteiger partial charge < -0.3 is 15.6 Å². The highest BCUT2D eigenvalue weighted by Crippen LogP contribution is 2.55. The highest BCUT2D eigenvalue weighted by Gasteiger charge is 2.64. The number of ether oxygens (including phenoxy) is 1. The summed E-state index contributed by atoms with van der Waals surface area (Å²) in [6.45, 7) is -0.565. The molecule has 6 nitrogen and oxygen atoms in total. The molecule has 2 bridgehead atoms. The van der Waals surface area contributed by atoms with E-state index in [1.54, 1.807) is 18.2 Å². The Labute approximate surface area is 256 Å². The molecule has 2 saturated carbocycles. The van der Waals surface area contributed by atoms with Crippen LogP contribution in [0.3, 0.4) is 0 Å². The van der Waals surface area contributed by atoms with E-state index in [2.05, 4.69) is 4.98 Å². The monoisotopic (exact) mass is 625 g/mol. The molecule has 2 fully saturated rings. The van der Waals surface area contributed by atoms with Crippen LogP contribution in [-0.2, 0) is 12.0 Å². The summed E-state index contributed by atoms with van der Waals surface area (Å²) in [5.74, 6) is -4.90. The SMILES string of the molecule is C[C@@H]1CC2CC(c3c(OC(F)F)cccc3C1=O)[C@@H]1Cc3cc(-c4cnc([C@]5(N)C[C@](O)(C(C)(F)F)C5)c(F)c4)ccc3N=C21. The van der Waals surface area contributed by atoms with Gasteiger partial charge in [-0.2, -0.15) is 8.78 Å². The summed E-state index contributed by atoms with van der Waals surface area (Å²) in [7, 11) is 0. The number of fused-ring (bicyclic) bond motifs is 8. The zero-order valence-corrected chi connectivity index (χ0v) is 24.7. The molecular formula is C34H32F5N3O3. The number of ketones is 1. The largest absolute Gasteiger partial charge is 0.435 e. The number of hydrogen-bond donors (Lipinski definition) is 2. The van der Waals surface area contributed by atoms with Crippen LogP contribution < -0.4 is 10.5 Å². The predicted octanol–water partition coefficient (Wildman–Crippen LogP) is 7.09. The van der Waals surface area contributed by atoms with Gasteiger partial charge in [0.05, 0.1) is 16.9 Å². The minimum atomic E-state index is -3.39. The van der Waals surface area contributed by atoms with Crippen LogP contribution in [0.4, 0.5) is 27.6 Å². The summed E-state index contributed by atoms with van der Waals surface area (Å²) in [5.41, 5.74) is 6.81. The molecule has 45 heavy (non-hydrogen) atoms. The number of hydrogen-bond acceptors (Lipinski definition) is 6. The molecule has 1 aliphatic heterocycles. The number of nitrogens with zero attached hydrogens (tertiary/aromatic N) is 2. The van der Waals surface area contributed by atoms with Crippen molar-refractivity contribution in [2.24, 2.45) is 28.5 Å². The Bertz CT molecular complexity index is 1750. The van der Waals surface area contributed by atoms with Crippen molar-refractivity contribution in [3.63, 3.8) is 0 Å². The topological polar surface area (TPSA) is 97.8 Å². The predicted molar refractivity (Wildman–Crippen MR) is 157 cm³/mol. The standard InChI is InChI=1S/C34H32F5N3O3/c1-16-8-19-11-22(27-21(29(16)43)4-3-5-26(27)45-31(36)37)23-10-18-9-17(6-7-25(18)42-28(19)23)20-12-24(35)30(41-13-20)33(40)14-34(44,15-33)32(2,38)39/h3-7,9,12-13,16,19,22-23,31,44H,8,10-11,14-15,40H2,1-2H3/t16-,19?,22?,23+,33-,34+/m1/s1. The molecule has 2 heterocycles. The highest BCUT2D eigenvalue weighted by atomic mass is 19.3. The van der Waals surface area contributed by atoms with Gasteiger partial charge in [0.2, 0.25) is 0 Å². The maximum atomic E-state index is 15.3. The molecule has 2 aromatic carbocycles. The van der Waals surface area contributed by atoms with E-state index in [9.17, 15) is 27.5 Å². The molecular weight excluding hydrogens is 593 g/mol. The number of aromatic nitrogens is 1. The Hall–Kier alpha value is -3.70. The zero-order chi connectivity index (χ0) is 32.1. The van der Waals surface area contributed by atoms with Crippen molar-refractivity contribution in [1.82, 2.24) is 4.98 Å². The first-order chi connectivity index (χ1) is 21.2. The lowest BCUT2D eigenvalue weighted by atomic mass is 9.61. The average Bonchev–Trinajstić information content (AvgIpc) is 3.30. The third-order valence-corrected chi connectivity index (χ3v) is 10.3. The molecule has 3 aliphatic carbocycles. The number of aliphatic hydroxyl groups is 1. The minimum Gasteiger partial charge on any atom is -0.435 e. The highest BCUT2D eigenvalue weighted by molar-refractivity contribution is 6.03. The Kier molecular flexibility index (Phi) is 6.76. The van der Waals surface area contributed by atoms with Gasteiger partial charge in [-0.05, 0) is 66.5 Å². The van der Waals surface area contributed by atoms with Crippen LogP contribution in [0.15, 0.2) is 53.7 Å². The fourth-order valence-electron chi connectivity index (χ4n) is 8.04. The van der Waals surface area contributed by atoms with Crippen LogP contribution in [0.2, 0.25) is 0 Å². The number of pyridine rings is 1. The van der Waals surface area contributed by atoms with E-state index in [0.717, 1.165) is 17.0 Å². The molecule has 4 atom stereocenters. The van der Waals surface area contributed by atoms with E-state index in [-0.39, 0.29) is 40.9 Å². The van der Waals surface area contributed by atoms with Crippen molar-refractivity contribution in [3.05, 3.63) is 76.9 Å². The Balaban J connectivity index is 1.21. The van der Waals surface area contributed by atoms with E-state index in [1.807, 2.05) is 19.1 Å². The molecule has 4 aliphatic rings. The van der Waals surface area contributed by atoms with Crippen molar-refractivity contribution in [1.29, 1.82) is 0 Å². The van der Waals surface area contributed by atoms with Gasteiger partial charge in [-0.25, -0.2) is 13.2 Å². The van der Waals surface area contributed by atoms with Gasteiger partial charge in [0, 0.05) is 60.2 Å². The van der Waals surface area contributed by atoms with Gasteiger partial charge in [-0.3, -0.25) is 14.8 Å². The quantitative estimate of drug-likeness (QED) is 0.295. The van der Waals surface area contributed by atoms with E-state index in [4.69, 9.17) is 15.5 Å². The van der Waals surface area contributed by atoms with Crippen molar-refractivity contribution in [3.8, 4) is 16.9 Å². The number of nitrogens with two attached hydrogens (primary N) is 1. The summed E-state index contributed by atoms with van der Waals surface area (Å²) in [5, 5.41) is 10.2. The summed E-state index contributed by atoms with van der Waals surface area (Å²) in [4.78, 5) is 22.7. The number of benzene rings is 2. The molecule has 1 aromatic heterocycles. The Morgan fingerprint density at radius 1 is 1.09 bits per heavy atom. The Morgan fingerprint density at radius 3 is 2.53 bits per heavy atom. The van der Waals surface area contributed by atoms with Crippen LogP contribution in [0.5, 0.6) is 5.75 Å². The molecule has 3 aromatic rings. The number of aliphatic imine (C=N–C) groups is 1. The fraction of sp³-hybridized carbons (Fsp3) is 0.441. The smallest absolute Gasteiger partial charge is 0.387 e. The maximum Gasteiger partial charge on any atom is 0.387 e. The number of Topliss-reactive ketones (excluding diaryl/α,β-unsaturated/α-hetero) is 1. The summed E-state index contributed by atoms with van der Waals surface area (Å²) >= 11 is 0. The molecule has 0 saturated heterocycles. The third kappa shape index (κ3) is 4.77. The fourth-order valence-corrected chi connectivity index (χ4v) is 8.04. The van der Waals surface area contributed by atoms with Gasteiger partial charge in [-0.15, -0.1) is 0 Å². The van der Waals surface area contributed by atoms with Crippen LogP contribution in [0, 0.1) is 23.6 Å². The van der Waals surface area contributed by atoms with Crippen molar-refractivity contribution < 1.29 is 36.6 Å². The summed E-state index contributed by atoms with van der Waals surface area (Å²) < 4.78 is 74.8. The first kappa shape index (κ1) is 30.0. The summed E-state index contributed by atoms with van der Waals surface area (Å²) in [6, 6.07) is 11.5. The second kappa shape index (κ2) is 10.2. The van der Waals surface area contributed by atoms with Crippen LogP contribution in [0.25, 0.3) is 11.1 Å². The van der Waals surface area contributed by atoms with Gasteiger partial charge in [0.15, 0.2) is 5.78 Å². The van der Waals surface area contributed by atoms with Gasteiger partial charge >= 0.3 is 6.61 Å². The summed E-state index contributed by atoms with van der Waals surface area (Å²) in [6.07, 6.45) is 2.21. The second-order valence-electron chi connectivity index (χ2n) is 13.3. The number of carbonyl (C=O) groups excluding carboxylic acids is 1. The van der Waals surface area contributed by atoms with Crippen molar-refractivity contribution in [2.75, 3.05) is 0 Å². The lowest BCUT2D eigenvalue weighted by molar-refractivity contribution is -0.234. The molecule has 7 rings (SSSR count). The number of carbonyl (C=O) groups is 1. The first-order valence-corrected chi connectivity index (χ1v) is 15.1. The number of halogens is 5. The van der Waals surface area contributed by atoms with E-state index in [1.165, 1.54) is 18.3 Å². The number of rotatable bonds is 5. The van der Waals surface area contributed by atoms with Crippen molar-refractivity contribution >= 4 is 17.2 Å². The Morgan fingerprint density at radius 2 is 1.84 bits per heavy atom. The molecule has 0 spiro atoms. The van der Waals surface area contributed by atoms with Gasteiger partial charge in [-0.1, -0.05) is 25.1 Å². The first-order valence-electron chi connectivity index (χ1n) is 15.1. The molecule has 2 unspecified atom stereocenters. The molecule has 11 heteroatoms. The van der Waals surface area contributed by atoms with Crippen LogP contribution in [0.1, 0.15) is 72.6 Å². The molecule has 236 valence electrons. The molecule has 0 radical (unpaired) electrons. The molecule has 3 N–H and O–H groups in total. The number of alkyl halides is 4. The van der Waals surface area contributed by atoms with E-state index < -0.39 is 42.3 Å². The zero-order valence-electron chi connectivity index (χ0n) is 24.7. The minimum absolute atomic E-state index is 0.0152. The van der Waals surface area contributed by atoms with Crippen molar-refractivity contribution in [2.45, 2.75) is 75.5 Å².